The molecular weight excluding hydrogens is 333 g/mol. The van der Waals surface area contributed by atoms with Crippen LogP contribution >= 0.6 is 22.6 Å². The lowest BCUT2D eigenvalue weighted by Gasteiger charge is -2.15. The van der Waals surface area contributed by atoms with Gasteiger partial charge in [-0.05, 0) is 5.56 Å². The zero-order valence-electron chi connectivity index (χ0n) is 9.69. The number of halogens is 1. The minimum Gasteiger partial charge on any atom is -0.445 e. The Kier molecular flexibility index (Phi) is 6.95. The van der Waals surface area contributed by atoms with Gasteiger partial charge in [0.1, 0.15) is 12.8 Å². The molecule has 1 amide bonds. The van der Waals surface area contributed by atoms with E-state index in [4.69, 9.17) is 9.47 Å². The molecule has 5 heteroatoms. The third-order valence-electron chi connectivity index (χ3n) is 2.15. The van der Waals surface area contributed by atoms with Gasteiger partial charge < -0.3 is 9.47 Å². The second-order valence-electron chi connectivity index (χ2n) is 3.41. The fraction of sp³-hybridized carbons (Fsp3) is 0.417. The Balaban J connectivity index is 2.30. The molecule has 0 radical (unpaired) electrons. The normalized spacial score (nSPS) is 11.9. The van der Waals surface area contributed by atoms with E-state index in [0.29, 0.717) is 0 Å². The second-order valence-corrected chi connectivity index (χ2v) is 4.49. The van der Waals surface area contributed by atoms with Crippen molar-refractivity contribution in [3.8, 4) is 0 Å². The zero-order valence-corrected chi connectivity index (χ0v) is 11.8. The largest absolute Gasteiger partial charge is 0.445 e. The summed E-state index contributed by atoms with van der Waals surface area (Å²) in [6.45, 7) is 0.271. The Morgan fingerprint density at radius 2 is 2.12 bits per heavy atom. The number of hydrogen-bond donors (Lipinski definition) is 1. The molecule has 0 aliphatic rings. The second kappa shape index (κ2) is 8.30. The monoisotopic (exact) mass is 349 g/mol. The molecule has 17 heavy (non-hydrogen) atoms. The van der Waals surface area contributed by atoms with Crippen molar-refractivity contribution in [1.82, 2.24) is 5.32 Å². The summed E-state index contributed by atoms with van der Waals surface area (Å²) in [6, 6.07) is 9.55. The van der Waals surface area contributed by atoms with Crippen LogP contribution in [0.1, 0.15) is 12.0 Å². The average Bonchev–Trinajstić information content (AvgIpc) is 2.37. The first-order valence-electron chi connectivity index (χ1n) is 5.32. The van der Waals surface area contributed by atoms with E-state index in [-0.39, 0.29) is 12.8 Å². The zero-order chi connectivity index (χ0) is 12.5. The summed E-state index contributed by atoms with van der Waals surface area (Å²) in [7, 11) is 1.56. The molecule has 4 nitrogen and oxygen atoms in total. The van der Waals surface area contributed by atoms with Crippen LogP contribution in [0.2, 0.25) is 0 Å². The highest BCUT2D eigenvalue weighted by Crippen LogP contribution is 2.02. The van der Waals surface area contributed by atoms with E-state index in [1.165, 1.54) is 0 Å². The van der Waals surface area contributed by atoms with Crippen LogP contribution in [0, 0.1) is 0 Å². The molecule has 1 unspecified atom stereocenters. The molecule has 0 aliphatic carbocycles. The van der Waals surface area contributed by atoms with Crippen LogP contribution in [0.5, 0.6) is 0 Å². The molecule has 0 spiro atoms. The highest BCUT2D eigenvalue weighted by atomic mass is 127. The average molecular weight is 349 g/mol. The molecule has 0 fully saturated rings. The van der Waals surface area contributed by atoms with Gasteiger partial charge in [0.2, 0.25) is 0 Å². The molecule has 0 heterocycles. The van der Waals surface area contributed by atoms with Crippen molar-refractivity contribution >= 4 is 28.7 Å². The first-order valence-corrected chi connectivity index (χ1v) is 6.84. The van der Waals surface area contributed by atoms with Crippen LogP contribution < -0.4 is 5.32 Å². The predicted octanol–water partition coefficient (Wildman–Crippen LogP) is 2.71. The molecule has 1 aromatic carbocycles. The van der Waals surface area contributed by atoms with Gasteiger partial charge in [0.25, 0.3) is 0 Å². The lowest BCUT2D eigenvalue weighted by Crippen LogP contribution is -2.36. The molecule has 1 rings (SSSR count). The van der Waals surface area contributed by atoms with E-state index in [0.717, 1.165) is 16.4 Å². The number of hydrogen-bond acceptors (Lipinski definition) is 3. The van der Waals surface area contributed by atoms with Gasteiger partial charge in [0.15, 0.2) is 0 Å². The Hall–Kier alpha value is -0.820. The van der Waals surface area contributed by atoms with Gasteiger partial charge in [-0.15, -0.1) is 0 Å². The SMILES string of the molecule is COC(CCI)NC(=O)OCc1ccccc1. The summed E-state index contributed by atoms with van der Waals surface area (Å²) in [5, 5.41) is 2.65. The molecule has 1 N–H and O–H groups in total. The summed E-state index contributed by atoms with van der Waals surface area (Å²) < 4.78 is 11.1. The quantitative estimate of drug-likeness (QED) is 0.488. The Bertz CT molecular complexity index is 332. The number of methoxy groups -OCH3 is 1. The van der Waals surface area contributed by atoms with E-state index >= 15 is 0 Å². The fourth-order valence-electron chi connectivity index (χ4n) is 1.24. The topological polar surface area (TPSA) is 47.6 Å². The highest BCUT2D eigenvalue weighted by Gasteiger charge is 2.11. The first-order chi connectivity index (χ1) is 8.26. The van der Waals surface area contributed by atoms with Crippen molar-refractivity contribution in [1.29, 1.82) is 0 Å². The minimum absolute atomic E-state index is 0.271. The van der Waals surface area contributed by atoms with Crippen LogP contribution in [0.15, 0.2) is 30.3 Å². The molecule has 0 saturated carbocycles. The number of carbonyl (C=O) groups excluding carboxylic acids is 1. The summed E-state index contributed by atoms with van der Waals surface area (Å²) in [5.74, 6) is 0. The highest BCUT2D eigenvalue weighted by molar-refractivity contribution is 14.1. The Morgan fingerprint density at radius 3 is 2.71 bits per heavy atom. The molecule has 0 aromatic heterocycles. The Labute approximate surface area is 115 Å². The van der Waals surface area contributed by atoms with Crippen LogP contribution in [-0.2, 0) is 16.1 Å². The van der Waals surface area contributed by atoms with Gasteiger partial charge in [0, 0.05) is 18.0 Å². The van der Waals surface area contributed by atoms with Crippen LogP contribution in [-0.4, -0.2) is 23.9 Å². The van der Waals surface area contributed by atoms with Crippen molar-refractivity contribution < 1.29 is 14.3 Å². The molecule has 0 bridgehead atoms. The predicted molar refractivity (Wildman–Crippen MR) is 74.1 cm³/mol. The Morgan fingerprint density at radius 1 is 1.41 bits per heavy atom. The van der Waals surface area contributed by atoms with Gasteiger partial charge in [0.05, 0.1) is 0 Å². The minimum atomic E-state index is -0.453. The van der Waals surface area contributed by atoms with Crippen LogP contribution in [0.3, 0.4) is 0 Å². The number of alkyl halides is 1. The summed E-state index contributed by atoms with van der Waals surface area (Å²) in [6.07, 6.45) is 0.0260. The van der Waals surface area contributed by atoms with E-state index in [1.54, 1.807) is 7.11 Å². The molecule has 0 saturated heterocycles. The van der Waals surface area contributed by atoms with Crippen molar-refractivity contribution in [3.63, 3.8) is 0 Å². The molecular formula is C12H16INO3. The van der Waals surface area contributed by atoms with Gasteiger partial charge >= 0.3 is 6.09 Å². The molecule has 94 valence electrons. The maximum atomic E-state index is 11.4. The van der Waals surface area contributed by atoms with Gasteiger partial charge in [-0.1, -0.05) is 52.9 Å². The van der Waals surface area contributed by atoms with E-state index < -0.39 is 6.09 Å². The van der Waals surface area contributed by atoms with Gasteiger partial charge in [-0.2, -0.15) is 0 Å². The smallest absolute Gasteiger partial charge is 0.409 e. The number of alkyl carbamates (subject to hydrolysis) is 1. The number of carbonyl (C=O) groups is 1. The molecule has 1 aromatic rings. The number of amides is 1. The standard InChI is InChI=1S/C12H16INO3/c1-16-11(7-8-13)14-12(15)17-9-10-5-3-2-4-6-10/h2-6,11H,7-9H2,1H3,(H,14,15). The maximum absolute atomic E-state index is 11.4. The van der Waals surface area contributed by atoms with Crippen LogP contribution in [0.4, 0.5) is 4.79 Å². The summed E-state index contributed by atoms with van der Waals surface area (Å²) in [4.78, 5) is 11.4. The van der Waals surface area contributed by atoms with Gasteiger partial charge in [-0.25, -0.2) is 4.79 Å². The van der Waals surface area contributed by atoms with Crippen molar-refractivity contribution in [3.05, 3.63) is 35.9 Å². The first kappa shape index (κ1) is 14.2. The number of rotatable bonds is 6. The van der Waals surface area contributed by atoms with Gasteiger partial charge in [-0.3, -0.25) is 5.32 Å². The number of benzene rings is 1. The lowest BCUT2D eigenvalue weighted by molar-refractivity contribution is 0.0586. The van der Waals surface area contributed by atoms with Crippen molar-refractivity contribution in [2.24, 2.45) is 0 Å². The van der Waals surface area contributed by atoms with Crippen molar-refractivity contribution in [2.75, 3.05) is 11.5 Å². The summed E-state index contributed by atoms with van der Waals surface area (Å²) in [5.41, 5.74) is 0.963. The van der Waals surface area contributed by atoms with Crippen molar-refractivity contribution in [2.45, 2.75) is 19.3 Å². The van der Waals surface area contributed by atoms with E-state index in [1.807, 2.05) is 30.3 Å². The maximum Gasteiger partial charge on any atom is 0.409 e. The van der Waals surface area contributed by atoms with E-state index in [9.17, 15) is 4.79 Å². The molecule has 1 atom stereocenters. The summed E-state index contributed by atoms with van der Waals surface area (Å²) >= 11 is 2.23. The third-order valence-corrected chi connectivity index (χ3v) is 2.77. The van der Waals surface area contributed by atoms with Crippen LogP contribution in [0.25, 0.3) is 0 Å². The third kappa shape index (κ3) is 5.88. The number of ether oxygens (including phenoxy) is 2. The molecule has 0 aliphatic heterocycles. The fourth-order valence-corrected chi connectivity index (χ4v) is 1.81. The van der Waals surface area contributed by atoms with E-state index in [2.05, 4.69) is 27.9 Å². The number of nitrogens with one attached hydrogen (secondary N) is 1. The lowest BCUT2D eigenvalue weighted by atomic mass is 10.2.